The number of nitrogens with zero attached hydrogens (tertiary/aromatic N) is 4. The van der Waals surface area contributed by atoms with Crippen LogP contribution in [0.2, 0.25) is 0 Å². The van der Waals surface area contributed by atoms with Gasteiger partial charge < -0.3 is 19.7 Å². The molecule has 1 fully saturated rings. The Morgan fingerprint density at radius 2 is 1.65 bits per heavy atom. The minimum atomic E-state index is -0.851. The Kier molecular flexibility index (Phi) is 8.02. The van der Waals surface area contributed by atoms with Crippen LogP contribution in [0.1, 0.15) is 79.0 Å². The molecular formula is C21H35N5O5. The van der Waals surface area contributed by atoms with E-state index in [1.54, 1.807) is 52.6 Å². The van der Waals surface area contributed by atoms with Crippen LogP contribution in [-0.2, 0) is 25.6 Å². The molecule has 10 nitrogen and oxygen atoms in total. The number of ether oxygens (including phenoxy) is 2. The Hall–Kier alpha value is -2.65. The van der Waals surface area contributed by atoms with E-state index in [2.05, 4.69) is 15.6 Å². The fourth-order valence-corrected chi connectivity index (χ4v) is 3.18. The second kappa shape index (κ2) is 10.1. The Labute approximate surface area is 183 Å². The molecule has 2 rings (SSSR count). The van der Waals surface area contributed by atoms with Gasteiger partial charge in [0.15, 0.2) is 0 Å². The number of amides is 2. The number of esters is 1. The van der Waals surface area contributed by atoms with Crippen LogP contribution in [0.3, 0.4) is 0 Å². The standard InChI is InChI=1S/C21H35N5O5/c1-20(2,3)30-17(27)12-16(18(28)25-10-8-7-9-11-25)26-14-15(23-24-26)13-22-19(29)31-21(4,5)6/h14,16H,7-13H2,1-6H3,(H,22,29)/t16-/m0/s1. The first kappa shape index (κ1) is 24.6. The summed E-state index contributed by atoms with van der Waals surface area (Å²) in [6, 6.07) is -0.851. The number of carbonyl (C=O) groups is 3. The maximum absolute atomic E-state index is 13.2. The van der Waals surface area contributed by atoms with Crippen molar-refractivity contribution in [1.82, 2.24) is 25.2 Å². The van der Waals surface area contributed by atoms with Crippen molar-refractivity contribution in [3.63, 3.8) is 0 Å². The van der Waals surface area contributed by atoms with E-state index >= 15 is 0 Å². The van der Waals surface area contributed by atoms with Gasteiger partial charge in [-0.05, 0) is 60.8 Å². The molecule has 2 amide bonds. The van der Waals surface area contributed by atoms with Crippen molar-refractivity contribution in [2.45, 2.75) is 91.0 Å². The van der Waals surface area contributed by atoms with Crippen LogP contribution >= 0.6 is 0 Å². The summed E-state index contributed by atoms with van der Waals surface area (Å²) in [6.45, 7) is 12.1. The Bertz CT molecular complexity index is 772. The van der Waals surface area contributed by atoms with Crippen molar-refractivity contribution in [2.75, 3.05) is 13.1 Å². The van der Waals surface area contributed by atoms with E-state index in [1.165, 1.54) is 4.68 Å². The summed E-state index contributed by atoms with van der Waals surface area (Å²) in [6.07, 6.45) is 3.81. The fourth-order valence-electron chi connectivity index (χ4n) is 3.18. The molecule has 1 N–H and O–H groups in total. The predicted molar refractivity (Wildman–Crippen MR) is 113 cm³/mol. The van der Waals surface area contributed by atoms with Gasteiger partial charge in [-0.1, -0.05) is 5.21 Å². The summed E-state index contributed by atoms with van der Waals surface area (Å²) in [5, 5.41) is 10.7. The SMILES string of the molecule is CC(C)(C)OC(=O)C[C@@H](C(=O)N1CCCCC1)n1cc(CNC(=O)OC(C)(C)C)nn1. The highest BCUT2D eigenvalue weighted by molar-refractivity contribution is 5.85. The zero-order chi connectivity index (χ0) is 23.2. The van der Waals surface area contributed by atoms with E-state index in [4.69, 9.17) is 9.47 Å². The van der Waals surface area contributed by atoms with Crippen LogP contribution in [-0.4, -0.2) is 62.2 Å². The number of piperidine rings is 1. The third-order valence-electron chi connectivity index (χ3n) is 4.42. The van der Waals surface area contributed by atoms with Crippen LogP contribution in [0.4, 0.5) is 4.79 Å². The molecule has 0 bridgehead atoms. The molecular weight excluding hydrogens is 402 g/mol. The molecule has 0 saturated carbocycles. The lowest BCUT2D eigenvalue weighted by atomic mass is 10.1. The quantitative estimate of drug-likeness (QED) is 0.680. The van der Waals surface area contributed by atoms with Crippen LogP contribution in [0, 0.1) is 0 Å². The van der Waals surface area contributed by atoms with Gasteiger partial charge in [-0.25, -0.2) is 9.48 Å². The van der Waals surface area contributed by atoms with Crippen molar-refractivity contribution < 1.29 is 23.9 Å². The smallest absolute Gasteiger partial charge is 0.407 e. The van der Waals surface area contributed by atoms with Gasteiger partial charge in [0.1, 0.15) is 22.9 Å². The van der Waals surface area contributed by atoms with Gasteiger partial charge in [-0.3, -0.25) is 9.59 Å². The third-order valence-corrected chi connectivity index (χ3v) is 4.42. The van der Waals surface area contributed by atoms with E-state index < -0.39 is 29.3 Å². The van der Waals surface area contributed by atoms with Gasteiger partial charge in [-0.2, -0.15) is 0 Å². The lowest BCUT2D eigenvalue weighted by Gasteiger charge is -2.30. The lowest BCUT2D eigenvalue weighted by molar-refractivity contribution is -0.158. The van der Waals surface area contributed by atoms with Gasteiger partial charge in [0.2, 0.25) is 5.91 Å². The minimum absolute atomic E-state index is 0.0893. The number of alkyl carbamates (subject to hydrolysis) is 1. The second-order valence-corrected chi connectivity index (χ2v) is 9.74. The molecule has 1 saturated heterocycles. The predicted octanol–water partition coefficient (Wildman–Crippen LogP) is 2.59. The molecule has 174 valence electrons. The molecule has 0 unspecified atom stereocenters. The molecule has 0 aromatic carbocycles. The maximum atomic E-state index is 13.2. The molecule has 1 aliphatic rings. The summed E-state index contributed by atoms with van der Waals surface area (Å²) >= 11 is 0. The van der Waals surface area contributed by atoms with Crippen LogP contribution in [0.15, 0.2) is 6.20 Å². The zero-order valence-corrected chi connectivity index (χ0v) is 19.4. The van der Waals surface area contributed by atoms with Gasteiger partial charge in [0.05, 0.1) is 19.2 Å². The van der Waals surface area contributed by atoms with Crippen molar-refractivity contribution >= 4 is 18.0 Å². The van der Waals surface area contributed by atoms with E-state index in [-0.39, 0.29) is 18.9 Å². The number of aromatic nitrogens is 3. The highest BCUT2D eigenvalue weighted by atomic mass is 16.6. The van der Waals surface area contributed by atoms with E-state index in [0.29, 0.717) is 18.8 Å². The summed E-state index contributed by atoms with van der Waals surface area (Å²) in [4.78, 5) is 39.2. The van der Waals surface area contributed by atoms with Crippen LogP contribution < -0.4 is 5.32 Å². The molecule has 0 spiro atoms. The molecule has 1 aromatic heterocycles. The van der Waals surface area contributed by atoms with Gasteiger partial charge >= 0.3 is 12.1 Å². The minimum Gasteiger partial charge on any atom is -0.460 e. The van der Waals surface area contributed by atoms with Gasteiger partial charge in [0.25, 0.3) is 0 Å². The first-order valence-corrected chi connectivity index (χ1v) is 10.7. The van der Waals surface area contributed by atoms with Gasteiger partial charge in [-0.15, -0.1) is 5.10 Å². The normalized spacial score (nSPS) is 15.9. The number of nitrogens with one attached hydrogen (secondary N) is 1. The molecule has 10 heteroatoms. The molecule has 1 atom stereocenters. The molecule has 0 radical (unpaired) electrons. The number of rotatable bonds is 6. The molecule has 31 heavy (non-hydrogen) atoms. The number of hydrogen-bond acceptors (Lipinski definition) is 7. The first-order valence-electron chi connectivity index (χ1n) is 10.7. The van der Waals surface area contributed by atoms with Crippen LogP contribution in [0.25, 0.3) is 0 Å². The Balaban J connectivity index is 2.11. The lowest BCUT2D eigenvalue weighted by Crippen LogP contribution is -2.42. The average molecular weight is 438 g/mol. The average Bonchev–Trinajstić information content (AvgIpc) is 3.10. The second-order valence-electron chi connectivity index (χ2n) is 9.74. The molecule has 1 aromatic rings. The summed E-state index contributed by atoms with van der Waals surface area (Å²) in [5.74, 6) is -0.658. The Morgan fingerprint density at radius 3 is 2.23 bits per heavy atom. The van der Waals surface area contributed by atoms with E-state index in [1.807, 2.05) is 0 Å². The van der Waals surface area contributed by atoms with Crippen molar-refractivity contribution in [2.24, 2.45) is 0 Å². The Morgan fingerprint density at radius 1 is 1.03 bits per heavy atom. The van der Waals surface area contributed by atoms with E-state index in [0.717, 1.165) is 19.3 Å². The maximum Gasteiger partial charge on any atom is 0.407 e. The third kappa shape index (κ3) is 8.55. The number of likely N-dealkylation sites (tertiary alicyclic amines) is 1. The molecule has 0 aliphatic carbocycles. The zero-order valence-electron chi connectivity index (χ0n) is 19.4. The van der Waals surface area contributed by atoms with Gasteiger partial charge in [0, 0.05) is 13.1 Å². The fraction of sp³-hybridized carbons (Fsp3) is 0.762. The van der Waals surface area contributed by atoms with Crippen molar-refractivity contribution in [3.8, 4) is 0 Å². The highest BCUT2D eigenvalue weighted by Crippen LogP contribution is 2.21. The molecule has 1 aliphatic heterocycles. The monoisotopic (exact) mass is 437 g/mol. The summed E-state index contributed by atoms with van der Waals surface area (Å²) < 4.78 is 12.0. The number of carbonyl (C=O) groups excluding carboxylic acids is 3. The van der Waals surface area contributed by atoms with Crippen LogP contribution in [0.5, 0.6) is 0 Å². The topological polar surface area (TPSA) is 116 Å². The van der Waals surface area contributed by atoms with Crippen molar-refractivity contribution in [1.29, 1.82) is 0 Å². The summed E-state index contributed by atoms with van der Waals surface area (Å²) in [5.41, 5.74) is -0.812. The van der Waals surface area contributed by atoms with Crippen molar-refractivity contribution in [3.05, 3.63) is 11.9 Å². The summed E-state index contributed by atoms with van der Waals surface area (Å²) in [7, 11) is 0. The highest BCUT2D eigenvalue weighted by Gasteiger charge is 2.32. The first-order chi connectivity index (χ1) is 14.3. The number of hydrogen-bond donors (Lipinski definition) is 1. The van der Waals surface area contributed by atoms with E-state index in [9.17, 15) is 14.4 Å². The largest absolute Gasteiger partial charge is 0.460 e. The molecule has 2 heterocycles.